The number of nitrogens with one attached hydrogen (secondary N) is 2. The molecule has 2 aromatic carbocycles. The Morgan fingerprint density at radius 2 is 1.76 bits per heavy atom. The van der Waals surface area contributed by atoms with Crippen molar-refractivity contribution in [3.8, 4) is 0 Å². The smallest absolute Gasteiger partial charge is 0.378 e. The highest BCUT2D eigenvalue weighted by Gasteiger charge is 2.42. The van der Waals surface area contributed by atoms with Gasteiger partial charge in [-0.05, 0) is 49.2 Å². The predicted molar refractivity (Wildman–Crippen MR) is 121 cm³/mol. The molecular formula is C24H23F3N4O3. The fraction of sp³-hybridized carbons (Fsp3) is 0.292. The maximum atomic E-state index is 13.6. The van der Waals surface area contributed by atoms with Gasteiger partial charge in [0.15, 0.2) is 0 Å². The number of carbonyl (C=O) groups is 3. The number of fused-ring (bicyclic) bond motifs is 1. The topological polar surface area (TPSA) is 81.8 Å². The number of benzene rings is 2. The van der Waals surface area contributed by atoms with Gasteiger partial charge in [-0.25, -0.2) is 5.01 Å². The standard InChI is InChI=1S/C24H23F3N4O3/c1-30(2)15-10-11-20(19(13-15)24(25,26)27)28-21(32)14-6-5-7-16(12-14)31-23(34)18-9-4-3-8-17(18)22(33)29-31/h3-7,10-13,17-18H,8-9H2,1-2H3,(H,28,32)(H,29,33). The van der Waals surface area contributed by atoms with Crippen LogP contribution in [0.1, 0.15) is 28.8 Å². The number of carbonyl (C=O) groups excluding carboxylic acids is 3. The largest absolute Gasteiger partial charge is 0.418 e. The third-order valence-corrected chi connectivity index (χ3v) is 5.97. The van der Waals surface area contributed by atoms with Crippen LogP contribution in [0.2, 0.25) is 0 Å². The molecule has 1 saturated heterocycles. The first-order valence-electron chi connectivity index (χ1n) is 10.7. The average molecular weight is 472 g/mol. The highest BCUT2D eigenvalue weighted by atomic mass is 19.4. The van der Waals surface area contributed by atoms with Crippen LogP contribution < -0.4 is 20.7 Å². The number of alkyl halides is 3. The van der Waals surface area contributed by atoms with Crippen LogP contribution in [0.25, 0.3) is 0 Å². The molecule has 2 atom stereocenters. The summed E-state index contributed by atoms with van der Waals surface area (Å²) >= 11 is 0. The molecule has 1 aliphatic heterocycles. The van der Waals surface area contributed by atoms with Gasteiger partial charge in [-0.15, -0.1) is 0 Å². The van der Waals surface area contributed by atoms with E-state index in [2.05, 4.69) is 10.7 Å². The third kappa shape index (κ3) is 4.48. The van der Waals surface area contributed by atoms with E-state index in [1.165, 1.54) is 35.2 Å². The molecule has 0 aromatic heterocycles. The van der Waals surface area contributed by atoms with Gasteiger partial charge in [-0.3, -0.25) is 19.8 Å². The Balaban J connectivity index is 1.59. The fourth-order valence-electron chi connectivity index (χ4n) is 4.12. The molecule has 1 heterocycles. The maximum absolute atomic E-state index is 13.6. The van der Waals surface area contributed by atoms with Crippen molar-refractivity contribution in [2.24, 2.45) is 11.8 Å². The lowest BCUT2D eigenvalue weighted by molar-refractivity contribution is -0.140. The number of hydrogen-bond donors (Lipinski definition) is 2. The molecule has 0 saturated carbocycles. The van der Waals surface area contributed by atoms with Gasteiger partial charge in [0.05, 0.1) is 28.8 Å². The number of anilines is 3. The molecule has 2 N–H and O–H groups in total. The number of hydrogen-bond acceptors (Lipinski definition) is 4. The summed E-state index contributed by atoms with van der Waals surface area (Å²) in [6.45, 7) is 0. The molecule has 0 spiro atoms. The zero-order valence-corrected chi connectivity index (χ0v) is 18.5. The summed E-state index contributed by atoms with van der Waals surface area (Å²) in [5, 5.41) is 3.42. The number of halogens is 3. The predicted octanol–water partition coefficient (Wildman–Crippen LogP) is 3.98. The van der Waals surface area contributed by atoms with Gasteiger partial charge in [0.2, 0.25) is 11.8 Å². The highest BCUT2D eigenvalue weighted by molar-refractivity contribution is 6.07. The Morgan fingerprint density at radius 3 is 2.44 bits per heavy atom. The van der Waals surface area contributed by atoms with Gasteiger partial charge in [-0.2, -0.15) is 13.2 Å². The van der Waals surface area contributed by atoms with Crippen molar-refractivity contribution in [2.75, 3.05) is 29.3 Å². The zero-order chi connectivity index (χ0) is 24.6. The van der Waals surface area contributed by atoms with Gasteiger partial charge in [0.25, 0.3) is 5.91 Å². The lowest BCUT2D eigenvalue weighted by Gasteiger charge is -2.38. The molecule has 0 radical (unpaired) electrons. The van der Waals surface area contributed by atoms with E-state index in [9.17, 15) is 27.6 Å². The van der Waals surface area contributed by atoms with E-state index in [-0.39, 0.29) is 28.8 Å². The first-order chi connectivity index (χ1) is 16.1. The molecule has 2 unspecified atom stereocenters. The van der Waals surface area contributed by atoms with Crippen molar-refractivity contribution in [3.63, 3.8) is 0 Å². The zero-order valence-electron chi connectivity index (χ0n) is 18.5. The van der Waals surface area contributed by atoms with E-state index < -0.39 is 29.5 Å². The Kier molecular flexibility index (Phi) is 6.07. The lowest BCUT2D eigenvalue weighted by Crippen LogP contribution is -2.59. The van der Waals surface area contributed by atoms with Crippen molar-refractivity contribution in [1.82, 2.24) is 5.43 Å². The molecule has 10 heteroatoms. The minimum absolute atomic E-state index is 0.0371. The van der Waals surface area contributed by atoms with Crippen molar-refractivity contribution >= 4 is 34.8 Å². The first kappa shape index (κ1) is 23.3. The Morgan fingerprint density at radius 1 is 1.06 bits per heavy atom. The molecular weight excluding hydrogens is 449 g/mol. The second kappa shape index (κ2) is 8.85. The van der Waals surface area contributed by atoms with Gasteiger partial charge in [0.1, 0.15) is 0 Å². The molecule has 1 fully saturated rings. The number of rotatable bonds is 4. The van der Waals surface area contributed by atoms with Crippen molar-refractivity contribution < 1.29 is 27.6 Å². The number of hydrazine groups is 1. The molecule has 2 aliphatic rings. The van der Waals surface area contributed by atoms with Crippen LogP contribution in [0.4, 0.5) is 30.2 Å². The molecule has 3 amide bonds. The number of amides is 3. The molecule has 1 aliphatic carbocycles. The maximum Gasteiger partial charge on any atom is 0.418 e. The van der Waals surface area contributed by atoms with E-state index >= 15 is 0 Å². The van der Waals surface area contributed by atoms with Crippen LogP contribution in [0.3, 0.4) is 0 Å². The average Bonchev–Trinajstić information content (AvgIpc) is 2.81. The summed E-state index contributed by atoms with van der Waals surface area (Å²) in [5.41, 5.74) is 1.83. The first-order valence-corrected chi connectivity index (χ1v) is 10.7. The van der Waals surface area contributed by atoms with Gasteiger partial charge >= 0.3 is 6.18 Å². The van der Waals surface area contributed by atoms with E-state index in [0.29, 0.717) is 18.5 Å². The summed E-state index contributed by atoms with van der Waals surface area (Å²) < 4.78 is 40.8. The van der Waals surface area contributed by atoms with E-state index in [4.69, 9.17) is 0 Å². The summed E-state index contributed by atoms with van der Waals surface area (Å²) in [6.07, 6.45) is -0.0240. The van der Waals surface area contributed by atoms with Crippen molar-refractivity contribution in [2.45, 2.75) is 19.0 Å². The summed E-state index contributed by atoms with van der Waals surface area (Å²) in [4.78, 5) is 39.8. The van der Waals surface area contributed by atoms with Crippen LogP contribution in [0.5, 0.6) is 0 Å². The third-order valence-electron chi connectivity index (χ3n) is 5.97. The van der Waals surface area contributed by atoms with Gasteiger partial charge in [-0.1, -0.05) is 18.2 Å². The van der Waals surface area contributed by atoms with Crippen LogP contribution >= 0.6 is 0 Å². The minimum Gasteiger partial charge on any atom is -0.378 e. The Hall–Kier alpha value is -3.82. The second-order valence-corrected chi connectivity index (χ2v) is 8.43. The minimum atomic E-state index is -4.67. The van der Waals surface area contributed by atoms with E-state index in [0.717, 1.165) is 11.1 Å². The summed E-state index contributed by atoms with van der Waals surface area (Å²) in [5.74, 6) is -2.31. The molecule has 7 nitrogen and oxygen atoms in total. The summed E-state index contributed by atoms with van der Waals surface area (Å²) in [7, 11) is 3.23. The van der Waals surface area contributed by atoms with Crippen LogP contribution in [-0.2, 0) is 15.8 Å². The van der Waals surface area contributed by atoms with Crippen LogP contribution in [0, 0.1) is 11.8 Å². The van der Waals surface area contributed by atoms with Crippen LogP contribution in [0.15, 0.2) is 54.6 Å². The van der Waals surface area contributed by atoms with Gasteiger partial charge < -0.3 is 10.2 Å². The summed E-state index contributed by atoms with van der Waals surface area (Å²) in [6, 6.07) is 9.44. The molecule has 2 aromatic rings. The number of allylic oxidation sites excluding steroid dienone is 2. The molecule has 34 heavy (non-hydrogen) atoms. The molecule has 4 rings (SSSR count). The van der Waals surface area contributed by atoms with Crippen molar-refractivity contribution in [1.29, 1.82) is 0 Å². The quantitative estimate of drug-likeness (QED) is 0.660. The molecule has 0 bridgehead atoms. The number of nitrogens with zero attached hydrogens (tertiary/aromatic N) is 2. The SMILES string of the molecule is CN(C)c1ccc(NC(=O)c2cccc(N3NC(=O)C4CC=CCC4C3=O)c2)c(C(F)(F)F)c1. The van der Waals surface area contributed by atoms with Gasteiger partial charge in [0, 0.05) is 25.3 Å². The van der Waals surface area contributed by atoms with E-state index in [1.54, 1.807) is 20.2 Å². The second-order valence-electron chi connectivity index (χ2n) is 8.43. The normalized spacial score (nSPS) is 20.0. The molecule has 178 valence electrons. The van der Waals surface area contributed by atoms with E-state index in [1.807, 2.05) is 12.2 Å². The fourth-order valence-corrected chi connectivity index (χ4v) is 4.12. The Labute approximate surface area is 194 Å². The van der Waals surface area contributed by atoms with Crippen molar-refractivity contribution in [3.05, 3.63) is 65.7 Å². The highest BCUT2D eigenvalue weighted by Crippen LogP contribution is 2.37. The Bertz CT molecular complexity index is 1180. The van der Waals surface area contributed by atoms with Crippen LogP contribution in [-0.4, -0.2) is 31.8 Å². The monoisotopic (exact) mass is 472 g/mol. The lowest BCUT2D eigenvalue weighted by atomic mass is 9.80.